The van der Waals surface area contributed by atoms with Crippen LogP contribution in [-0.2, 0) is 13.0 Å². The van der Waals surface area contributed by atoms with Crippen LogP contribution in [0.25, 0.3) is 10.8 Å². The predicted octanol–water partition coefficient (Wildman–Crippen LogP) is 3.50. The van der Waals surface area contributed by atoms with Crippen molar-refractivity contribution < 1.29 is 0 Å². The summed E-state index contributed by atoms with van der Waals surface area (Å²) in [6.45, 7) is 0.840. The smallest absolute Gasteiger partial charge is 0.205 e. The molecule has 0 radical (unpaired) electrons. The van der Waals surface area contributed by atoms with Gasteiger partial charge in [0.15, 0.2) is 5.82 Å². The molecule has 0 fully saturated rings. The first-order valence-corrected chi connectivity index (χ1v) is 8.51. The van der Waals surface area contributed by atoms with Crippen molar-refractivity contribution in [2.75, 3.05) is 5.43 Å². The minimum atomic E-state index is 0.258. The van der Waals surface area contributed by atoms with Gasteiger partial charge in [0.2, 0.25) is 5.71 Å². The van der Waals surface area contributed by atoms with E-state index in [2.05, 4.69) is 26.8 Å². The summed E-state index contributed by atoms with van der Waals surface area (Å²) in [4.78, 5) is 0. The number of nitrogens with zero attached hydrogens (tertiary/aromatic N) is 5. The molecule has 0 amide bonds. The van der Waals surface area contributed by atoms with Crippen molar-refractivity contribution in [3.63, 3.8) is 0 Å². The summed E-state index contributed by atoms with van der Waals surface area (Å²) < 4.78 is 2.03. The molecule has 0 saturated heterocycles. The Hall–Kier alpha value is -3.20. The Labute approximate surface area is 145 Å². The maximum absolute atomic E-state index is 9.56. The van der Waals surface area contributed by atoms with E-state index < -0.39 is 0 Å². The molecule has 1 aliphatic heterocycles. The van der Waals surface area contributed by atoms with Crippen LogP contribution < -0.4 is 5.43 Å². The molecule has 0 aliphatic carbocycles. The third-order valence-electron chi connectivity index (χ3n) is 4.50. The van der Waals surface area contributed by atoms with Crippen molar-refractivity contribution in [2.45, 2.75) is 32.2 Å². The summed E-state index contributed by atoms with van der Waals surface area (Å²) in [5.41, 5.74) is 4.15. The lowest BCUT2D eigenvalue weighted by molar-refractivity contribution is 0.628. The van der Waals surface area contributed by atoms with Crippen molar-refractivity contribution in [1.29, 1.82) is 5.26 Å². The number of benzene rings is 2. The Morgan fingerprint density at radius 1 is 1.08 bits per heavy atom. The summed E-state index contributed by atoms with van der Waals surface area (Å²) in [6.07, 6.45) is 4.28. The predicted molar refractivity (Wildman–Crippen MR) is 97.3 cm³/mol. The van der Waals surface area contributed by atoms with E-state index in [1.807, 2.05) is 47.0 Å². The Bertz CT molecular complexity index is 974. The van der Waals surface area contributed by atoms with Gasteiger partial charge in [0.1, 0.15) is 11.9 Å². The highest BCUT2D eigenvalue weighted by Gasteiger charge is 2.18. The lowest BCUT2D eigenvalue weighted by Gasteiger charge is -2.07. The van der Waals surface area contributed by atoms with E-state index in [4.69, 9.17) is 0 Å². The van der Waals surface area contributed by atoms with Gasteiger partial charge in [-0.25, -0.2) is 0 Å². The van der Waals surface area contributed by atoms with E-state index in [0.29, 0.717) is 5.82 Å². The van der Waals surface area contributed by atoms with Gasteiger partial charge in [0, 0.05) is 18.4 Å². The van der Waals surface area contributed by atoms with E-state index in [1.54, 1.807) is 0 Å². The average molecular weight is 330 g/mol. The summed E-state index contributed by atoms with van der Waals surface area (Å²) in [6, 6.07) is 16.2. The van der Waals surface area contributed by atoms with Crippen molar-refractivity contribution in [1.82, 2.24) is 14.8 Å². The molecule has 2 aromatic carbocycles. The van der Waals surface area contributed by atoms with Crippen LogP contribution in [0.15, 0.2) is 47.6 Å². The summed E-state index contributed by atoms with van der Waals surface area (Å²) in [7, 11) is 0. The van der Waals surface area contributed by atoms with Crippen LogP contribution in [0.2, 0.25) is 0 Å². The first-order chi connectivity index (χ1) is 12.4. The molecule has 1 N–H and O–H groups in total. The van der Waals surface area contributed by atoms with E-state index in [1.165, 1.54) is 6.42 Å². The average Bonchev–Trinajstić information content (AvgIpc) is 2.90. The number of hydrazone groups is 1. The number of hydrogen-bond donors (Lipinski definition) is 1. The van der Waals surface area contributed by atoms with Gasteiger partial charge < -0.3 is 4.57 Å². The van der Waals surface area contributed by atoms with Crippen LogP contribution in [0.3, 0.4) is 0 Å². The molecule has 124 valence electrons. The quantitative estimate of drug-likeness (QED) is 0.589. The molecule has 3 aromatic rings. The summed E-state index contributed by atoms with van der Waals surface area (Å²) in [5, 5.41) is 24.5. The number of nitriles is 1. The van der Waals surface area contributed by atoms with Crippen molar-refractivity contribution >= 4 is 22.2 Å². The molecule has 25 heavy (non-hydrogen) atoms. The van der Waals surface area contributed by atoms with Gasteiger partial charge in [-0.15, -0.1) is 10.2 Å². The minimum absolute atomic E-state index is 0.258. The number of anilines is 1. The summed E-state index contributed by atoms with van der Waals surface area (Å²) >= 11 is 0. The molecule has 4 rings (SSSR count). The first-order valence-electron chi connectivity index (χ1n) is 8.51. The van der Waals surface area contributed by atoms with Crippen LogP contribution in [-0.4, -0.2) is 20.5 Å². The Balaban J connectivity index is 1.68. The zero-order chi connectivity index (χ0) is 17.1. The number of aryl methyl sites for hydroxylation is 1. The topological polar surface area (TPSA) is 78.9 Å². The highest BCUT2D eigenvalue weighted by Crippen LogP contribution is 2.23. The fourth-order valence-corrected chi connectivity index (χ4v) is 3.22. The second-order valence-electron chi connectivity index (χ2n) is 6.11. The molecule has 2 heterocycles. The summed E-state index contributed by atoms with van der Waals surface area (Å²) in [5.74, 6) is 1.49. The van der Waals surface area contributed by atoms with Gasteiger partial charge in [-0.3, -0.25) is 5.43 Å². The molecule has 0 spiro atoms. The van der Waals surface area contributed by atoms with Gasteiger partial charge in [0.05, 0.1) is 5.69 Å². The van der Waals surface area contributed by atoms with E-state index in [9.17, 15) is 5.26 Å². The van der Waals surface area contributed by atoms with Crippen LogP contribution in [0.1, 0.15) is 30.9 Å². The van der Waals surface area contributed by atoms with E-state index >= 15 is 0 Å². The molecule has 1 aromatic heterocycles. The SMILES string of the molecule is N#C/C(=N\Nc1cccc2ccccc12)c1nnc2n1CCCCC2. The molecule has 6 heteroatoms. The number of nitrogens with one attached hydrogen (secondary N) is 1. The van der Waals surface area contributed by atoms with Gasteiger partial charge >= 0.3 is 0 Å². The molecule has 0 atom stereocenters. The first kappa shape index (κ1) is 15.3. The molecular weight excluding hydrogens is 312 g/mol. The molecule has 0 unspecified atom stereocenters. The lowest BCUT2D eigenvalue weighted by atomic mass is 10.1. The molecule has 0 bridgehead atoms. The highest BCUT2D eigenvalue weighted by atomic mass is 15.3. The Kier molecular flexibility index (Phi) is 4.13. The Morgan fingerprint density at radius 3 is 2.88 bits per heavy atom. The monoisotopic (exact) mass is 330 g/mol. The van der Waals surface area contributed by atoms with Crippen LogP contribution in [0, 0.1) is 11.3 Å². The minimum Gasteiger partial charge on any atom is -0.309 e. The maximum atomic E-state index is 9.56. The number of hydrogen-bond acceptors (Lipinski definition) is 5. The number of fused-ring (bicyclic) bond motifs is 2. The van der Waals surface area contributed by atoms with Gasteiger partial charge in [-0.1, -0.05) is 42.8 Å². The van der Waals surface area contributed by atoms with Gasteiger partial charge in [0.25, 0.3) is 0 Å². The van der Waals surface area contributed by atoms with Gasteiger partial charge in [-0.2, -0.15) is 10.4 Å². The molecule has 6 nitrogen and oxygen atoms in total. The van der Waals surface area contributed by atoms with Crippen LogP contribution in [0.4, 0.5) is 5.69 Å². The number of aromatic nitrogens is 3. The van der Waals surface area contributed by atoms with Crippen LogP contribution in [0.5, 0.6) is 0 Å². The largest absolute Gasteiger partial charge is 0.309 e. The van der Waals surface area contributed by atoms with Crippen molar-refractivity contribution in [2.24, 2.45) is 5.10 Å². The van der Waals surface area contributed by atoms with E-state index in [0.717, 1.165) is 48.1 Å². The van der Waals surface area contributed by atoms with Crippen molar-refractivity contribution in [3.05, 3.63) is 54.1 Å². The van der Waals surface area contributed by atoms with Crippen LogP contribution >= 0.6 is 0 Å². The number of rotatable bonds is 3. The van der Waals surface area contributed by atoms with E-state index in [-0.39, 0.29) is 5.71 Å². The lowest BCUT2D eigenvalue weighted by Crippen LogP contribution is -2.13. The highest BCUT2D eigenvalue weighted by molar-refractivity contribution is 6.09. The normalized spacial score (nSPS) is 14.6. The van der Waals surface area contributed by atoms with Gasteiger partial charge in [-0.05, 0) is 24.3 Å². The third kappa shape index (κ3) is 2.96. The second-order valence-corrected chi connectivity index (χ2v) is 6.11. The second kappa shape index (κ2) is 6.73. The molecule has 1 aliphatic rings. The Morgan fingerprint density at radius 2 is 1.96 bits per heavy atom. The fourth-order valence-electron chi connectivity index (χ4n) is 3.22. The third-order valence-corrected chi connectivity index (χ3v) is 4.50. The standard InChI is InChI=1S/C19H18N6/c20-13-17(19-24-23-18-11-2-1-5-12-25(18)19)22-21-16-10-6-8-14-7-3-4-9-15(14)16/h3-4,6-10,21H,1-2,5,11-12H2/b22-17+. The zero-order valence-corrected chi connectivity index (χ0v) is 13.8. The van der Waals surface area contributed by atoms with Crippen molar-refractivity contribution in [3.8, 4) is 6.07 Å². The zero-order valence-electron chi connectivity index (χ0n) is 13.8. The molecule has 0 saturated carbocycles. The molecular formula is C19H18N6. The fraction of sp³-hybridized carbons (Fsp3) is 0.263. The maximum Gasteiger partial charge on any atom is 0.205 e.